The van der Waals surface area contributed by atoms with Crippen LogP contribution in [0.3, 0.4) is 0 Å². The number of rotatable bonds is 9. The fourth-order valence-corrected chi connectivity index (χ4v) is 8.78. The first-order chi connectivity index (χ1) is 26.1. The number of carbonyl (C=O) groups is 3. The van der Waals surface area contributed by atoms with Gasteiger partial charge in [-0.15, -0.1) is 0 Å². The molecular weight excluding hydrogens is 690 g/mol. The van der Waals surface area contributed by atoms with Gasteiger partial charge in [-0.3, -0.25) is 33.5 Å². The molecule has 3 amide bonds. The predicted molar refractivity (Wildman–Crippen MR) is 203 cm³/mol. The van der Waals surface area contributed by atoms with Gasteiger partial charge >= 0.3 is 5.69 Å². The number of oxazole rings is 1. The number of amides is 3. The number of imide groups is 1. The molecule has 2 aliphatic heterocycles. The number of ether oxygens (including phenoxy) is 1. The van der Waals surface area contributed by atoms with Gasteiger partial charge in [-0.2, -0.15) is 5.10 Å². The van der Waals surface area contributed by atoms with Gasteiger partial charge in [-0.05, 0) is 76.1 Å². The number of imidazole rings is 1. The quantitative estimate of drug-likeness (QED) is 0.205. The molecule has 8 rings (SSSR count). The molecule has 0 spiro atoms. The van der Waals surface area contributed by atoms with Crippen molar-refractivity contribution in [2.24, 2.45) is 13.0 Å². The summed E-state index contributed by atoms with van der Waals surface area (Å²) < 4.78 is 16.1. The van der Waals surface area contributed by atoms with Gasteiger partial charge in [0.2, 0.25) is 11.8 Å². The molecule has 1 unspecified atom stereocenters. The smallest absolute Gasteiger partial charge is 0.329 e. The lowest BCUT2D eigenvalue weighted by Crippen LogP contribution is -2.45. The van der Waals surface area contributed by atoms with Crippen molar-refractivity contribution in [1.82, 2.24) is 34.1 Å². The Morgan fingerprint density at radius 2 is 1.85 bits per heavy atom. The highest BCUT2D eigenvalue weighted by molar-refractivity contribution is 6.05. The number of nitrogens with zero attached hydrogens (tertiary/aromatic N) is 7. The van der Waals surface area contributed by atoms with E-state index in [1.54, 1.807) is 30.2 Å². The molecule has 15 heteroatoms. The minimum atomic E-state index is -0.697. The number of hydrogen-bond acceptors (Lipinski definition) is 10. The van der Waals surface area contributed by atoms with Crippen LogP contribution in [0.1, 0.15) is 79.8 Å². The molecule has 284 valence electrons. The molecule has 3 aromatic heterocycles. The van der Waals surface area contributed by atoms with Gasteiger partial charge in [0.25, 0.3) is 5.91 Å². The molecule has 1 saturated carbocycles. The highest BCUT2D eigenvalue weighted by atomic mass is 16.5. The molecule has 3 fully saturated rings. The number of aromatic nitrogens is 5. The summed E-state index contributed by atoms with van der Waals surface area (Å²) in [6.07, 6.45) is 10.4. The number of aryl methyl sites for hydroxylation is 2. The monoisotopic (exact) mass is 737 g/mol. The lowest BCUT2D eigenvalue weighted by atomic mass is 9.85. The highest BCUT2D eigenvalue weighted by Crippen LogP contribution is 2.37. The summed E-state index contributed by atoms with van der Waals surface area (Å²) in [5.74, 6) is 0.496. The second-order valence-corrected chi connectivity index (χ2v) is 15.1. The standard InChI is InChI=1S/C39H47N9O6/c1-23-40-30(22-54-23)37(50)41-29-18-25-21-47(43-28(25)19-34(29)53-4)27-10-8-24(9-11-27)20-44(2)26-14-16-46(17-15-26)31-6-5-7-32-36(31)45(3)39(52)48(32)33-12-13-35(49)42-38(33)51/h5-7,18-19,21-22,24,26-27,33H,8-17,20H2,1-4H3,(H,41,50)(H,42,49,51). The molecule has 5 heterocycles. The summed E-state index contributed by atoms with van der Waals surface area (Å²) in [5.41, 5.74) is 3.89. The molecule has 54 heavy (non-hydrogen) atoms. The van der Waals surface area contributed by atoms with E-state index in [0.29, 0.717) is 41.8 Å². The molecule has 15 nitrogen and oxygen atoms in total. The Balaban J connectivity index is 0.867. The van der Waals surface area contributed by atoms with Crippen LogP contribution in [-0.4, -0.2) is 86.4 Å². The lowest BCUT2D eigenvalue weighted by Gasteiger charge is -2.40. The highest BCUT2D eigenvalue weighted by Gasteiger charge is 2.33. The van der Waals surface area contributed by atoms with E-state index < -0.39 is 11.9 Å². The Morgan fingerprint density at radius 3 is 2.56 bits per heavy atom. The summed E-state index contributed by atoms with van der Waals surface area (Å²) in [4.78, 5) is 59.7. The normalized spacial score (nSPS) is 21.3. The molecule has 2 saturated heterocycles. The van der Waals surface area contributed by atoms with Gasteiger partial charge < -0.3 is 24.3 Å². The number of piperidine rings is 2. The van der Waals surface area contributed by atoms with Crippen molar-refractivity contribution < 1.29 is 23.5 Å². The summed E-state index contributed by atoms with van der Waals surface area (Å²) in [5, 5.41) is 11.1. The topological polar surface area (TPSA) is 162 Å². The second kappa shape index (κ2) is 14.4. The van der Waals surface area contributed by atoms with Gasteiger partial charge in [0, 0.05) is 63.7 Å². The van der Waals surface area contributed by atoms with E-state index in [-0.39, 0.29) is 29.6 Å². The molecule has 0 bridgehead atoms. The number of fused-ring (bicyclic) bond motifs is 2. The van der Waals surface area contributed by atoms with Crippen molar-refractivity contribution in [2.75, 3.05) is 44.0 Å². The molecule has 1 atom stereocenters. The van der Waals surface area contributed by atoms with Crippen molar-refractivity contribution in [3.63, 3.8) is 0 Å². The molecular formula is C39H47N9O6. The number of carbonyl (C=O) groups excluding carboxylic acids is 3. The summed E-state index contributed by atoms with van der Waals surface area (Å²) in [6.45, 7) is 4.50. The van der Waals surface area contributed by atoms with Crippen LogP contribution in [0, 0.1) is 12.8 Å². The van der Waals surface area contributed by atoms with Crippen molar-refractivity contribution >= 4 is 51.0 Å². The Hall–Kier alpha value is -5.44. The van der Waals surface area contributed by atoms with Gasteiger partial charge in [0.1, 0.15) is 18.1 Å². The van der Waals surface area contributed by atoms with E-state index in [9.17, 15) is 19.2 Å². The van der Waals surface area contributed by atoms with E-state index in [1.165, 1.54) is 6.26 Å². The summed E-state index contributed by atoms with van der Waals surface area (Å²) in [6, 6.07) is 9.76. The summed E-state index contributed by atoms with van der Waals surface area (Å²) >= 11 is 0. The van der Waals surface area contributed by atoms with E-state index in [1.807, 2.05) is 24.3 Å². The van der Waals surface area contributed by atoms with Crippen molar-refractivity contribution in [1.29, 1.82) is 0 Å². The molecule has 0 radical (unpaired) electrons. The maximum atomic E-state index is 13.4. The number of methoxy groups -OCH3 is 1. The zero-order valence-corrected chi connectivity index (χ0v) is 31.2. The number of nitrogens with one attached hydrogen (secondary N) is 2. The minimum absolute atomic E-state index is 0.210. The Kier molecular flexibility index (Phi) is 9.50. The molecule has 3 aliphatic rings. The third kappa shape index (κ3) is 6.65. The minimum Gasteiger partial charge on any atom is -0.494 e. The average Bonchev–Trinajstić information content (AvgIpc) is 3.87. The third-order valence-electron chi connectivity index (χ3n) is 11.7. The zero-order chi connectivity index (χ0) is 37.7. The average molecular weight is 738 g/mol. The molecule has 2 N–H and O–H groups in total. The number of para-hydroxylation sites is 1. The fourth-order valence-electron chi connectivity index (χ4n) is 8.78. The number of anilines is 2. The molecule has 1 aliphatic carbocycles. The maximum absolute atomic E-state index is 13.4. The maximum Gasteiger partial charge on any atom is 0.329 e. The van der Waals surface area contributed by atoms with Gasteiger partial charge in [-0.1, -0.05) is 6.07 Å². The first kappa shape index (κ1) is 35.6. The van der Waals surface area contributed by atoms with Crippen LogP contribution < -0.4 is 26.0 Å². The van der Waals surface area contributed by atoms with E-state index >= 15 is 0 Å². The van der Waals surface area contributed by atoms with Crippen LogP contribution in [0.2, 0.25) is 0 Å². The van der Waals surface area contributed by atoms with Gasteiger partial charge in [0.05, 0.1) is 41.1 Å². The first-order valence-corrected chi connectivity index (χ1v) is 18.9. The second-order valence-electron chi connectivity index (χ2n) is 15.1. The predicted octanol–water partition coefficient (Wildman–Crippen LogP) is 4.56. The third-order valence-corrected chi connectivity index (χ3v) is 11.7. The van der Waals surface area contributed by atoms with E-state index in [2.05, 4.69) is 49.4 Å². The molecule has 5 aromatic rings. The fraction of sp³-hybridized carbons (Fsp3) is 0.487. The van der Waals surface area contributed by atoms with Crippen LogP contribution in [0.5, 0.6) is 5.75 Å². The Labute approximate surface area is 312 Å². The van der Waals surface area contributed by atoms with Crippen LogP contribution in [0.25, 0.3) is 21.9 Å². The zero-order valence-electron chi connectivity index (χ0n) is 31.2. The van der Waals surface area contributed by atoms with E-state index in [0.717, 1.165) is 85.8 Å². The van der Waals surface area contributed by atoms with Crippen molar-refractivity contribution in [2.45, 2.75) is 76.4 Å². The number of hydrogen-bond donors (Lipinski definition) is 2. The Bertz CT molecular complexity index is 2290. The van der Waals surface area contributed by atoms with Crippen LogP contribution >= 0.6 is 0 Å². The van der Waals surface area contributed by atoms with Crippen molar-refractivity contribution in [3.05, 3.63) is 64.9 Å². The van der Waals surface area contributed by atoms with Crippen molar-refractivity contribution in [3.8, 4) is 5.75 Å². The van der Waals surface area contributed by atoms with Crippen LogP contribution in [0.4, 0.5) is 11.4 Å². The summed E-state index contributed by atoms with van der Waals surface area (Å²) in [7, 11) is 5.59. The first-order valence-electron chi connectivity index (χ1n) is 18.9. The van der Waals surface area contributed by atoms with Gasteiger partial charge in [0.15, 0.2) is 11.6 Å². The Morgan fingerprint density at radius 1 is 1.07 bits per heavy atom. The van der Waals surface area contributed by atoms with Crippen LogP contribution in [0.15, 0.2) is 52.0 Å². The largest absolute Gasteiger partial charge is 0.494 e. The lowest BCUT2D eigenvalue weighted by molar-refractivity contribution is -0.135. The molecule has 2 aromatic carbocycles. The number of benzene rings is 2. The van der Waals surface area contributed by atoms with Gasteiger partial charge in [-0.25, -0.2) is 9.78 Å². The van der Waals surface area contributed by atoms with Crippen LogP contribution in [-0.2, 0) is 16.6 Å². The van der Waals surface area contributed by atoms with E-state index in [4.69, 9.17) is 14.3 Å². The SMILES string of the molecule is COc1cc2nn(C3CCC(CN(C)C4CCN(c5cccc6c5n(C)c(=O)n6C5CCC(=O)NC5=O)CC4)CC3)cc2cc1NC(=O)c1coc(C)n1.